The van der Waals surface area contributed by atoms with Crippen LogP contribution in [0, 0.1) is 0 Å². The van der Waals surface area contributed by atoms with Gasteiger partial charge in [0.1, 0.15) is 5.76 Å². The number of ether oxygens (including phenoxy) is 1. The number of rotatable bonds is 4. The van der Waals surface area contributed by atoms with Gasteiger partial charge in [0, 0.05) is 0 Å². The Balaban J connectivity index is 4.46. The van der Waals surface area contributed by atoms with Crippen LogP contribution in [0.2, 0.25) is 0 Å². The van der Waals surface area contributed by atoms with Crippen molar-refractivity contribution in [2.75, 3.05) is 13.7 Å². The van der Waals surface area contributed by atoms with E-state index in [1.54, 1.807) is 24.4 Å². The van der Waals surface area contributed by atoms with Crippen molar-refractivity contribution in [1.82, 2.24) is 5.32 Å². The molecule has 0 radical (unpaired) electrons. The zero-order valence-electron chi connectivity index (χ0n) is 8.69. The summed E-state index contributed by atoms with van der Waals surface area (Å²) >= 11 is 3.02. The minimum atomic E-state index is -4.87. The van der Waals surface area contributed by atoms with E-state index in [9.17, 15) is 18.0 Å². The highest BCUT2D eigenvalue weighted by molar-refractivity contribution is 9.11. The number of amides is 1. The fourth-order valence-electron chi connectivity index (χ4n) is 0.766. The smallest absolute Gasteiger partial charge is 0.471 e. The zero-order chi connectivity index (χ0) is 12.8. The Hall–Kier alpha value is -0.980. The summed E-state index contributed by atoms with van der Waals surface area (Å²) in [6, 6.07) is 0. The van der Waals surface area contributed by atoms with E-state index >= 15 is 0 Å². The highest BCUT2D eigenvalue weighted by Gasteiger charge is 2.38. The van der Waals surface area contributed by atoms with Crippen LogP contribution in [-0.4, -0.2) is 25.7 Å². The lowest BCUT2D eigenvalue weighted by Gasteiger charge is -2.09. The summed E-state index contributed by atoms with van der Waals surface area (Å²) in [6.07, 6.45) is -1.66. The van der Waals surface area contributed by atoms with E-state index in [0.29, 0.717) is 10.2 Å². The lowest BCUT2D eigenvalue weighted by molar-refractivity contribution is -0.173. The van der Waals surface area contributed by atoms with E-state index in [1.807, 2.05) is 0 Å². The molecule has 0 unspecified atom stereocenters. The number of hydrogen-bond donors (Lipinski definition) is 1. The van der Waals surface area contributed by atoms with Gasteiger partial charge >= 0.3 is 12.1 Å². The molecule has 0 saturated heterocycles. The maximum absolute atomic E-state index is 11.8. The van der Waals surface area contributed by atoms with E-state index in [0.717, 1.165) is 0 Å². The maximum atomic E-state index is 11.8. The number of allylic oxidation sites excluding steroid dienone is 2. The number of carbonyl (C=O) groups is 1. The van der Waals surface area contributed by atoms with Crippen molar-refractivity contribution in [2.24, 2.45) is 0 Å². The van der Waals surface area contributed by atoms with Crippen LogP contribution < -0.4 is 5.32 Å². The molecule has 0 saturated carbocycles. The molecular formula is C9H11BrF3NO2. The SMILES string of the molecule is C/C=C\C(OC)=C(\Br)CNC(=O)C(F)(F)F. The molecule has 0 fully saturated rings. The average Bonchev–Trinajstić information content (AvgIpc) is 2.20. The minimum absolute atomic E-state index is 0.286. The quantitative estimate of drug-likeness (QED) is 0.640. The Morgan fingerprint density at radius 1 is 1.50 bits per heavy atom. The van der Waals surface area contributed by atoms with Crippen LogP contribution in [0.25, 0.3) is 0 Å². The molecule has 16 heavy (non-hydrogen) atoms. The molecule has 0 aliphatic rings. The normalized spacial score (nSPS) is 13.6. The van der Waals surface area contributed by atoms with Gasteiger partial charge in [-0.2, -0.15) is 13.2 Å². The van der Waals surface area contributed by atoms with Gasteiger partial charge in [-0.1, -0.05) is 6.08 Å². The van der Waals surface area contributed by atoms with E-state index in [-0.39, 0.29) is 6.54 Å². The molecule has 0 aliphatic carbocycles. The highest BCUT2D eigenvalue weighted by atomic mass is 79.9. The third-order valence-electron chi connectivity index (χ3n) is 1.47. The van der Waals surface area contributed by atoms with Crippen LogP contribution >= 0.6 is 15.9 Å². The van der Waals surface area contributed by atoms with Crippen molar-refractivity contribution in [3.63, 3.8) is 0 Å². The fourth-order valence-corrected chi connectivity index (χ4v) is 1.20. The molecule has 1 amide bonds. The second kappa shape index (κ2) is 6.57. The van der Waals surface area contributed by atoms with Crippen LogP contribution in [0.3, 0.4) is 0 Å². The summed E-state index contributed by atoms with van der Waals surface area (Å²) in [7, 11) is 1.38. The lowest BCUT2D eigenvalue weighted by Crippen LogP contribution is -2.37. The van der Waals surface area contributed by atoms with Gasteiger partial charge in [0.15, 0.2) is 0 Å². The predicted molar refractivity (Wildman–Crippen MR) is 56.8 cm³/mol. The lowest BCUT2D eigenvalue weighted by atomic mass is 10.4. The number of hydrogen-bond acceptors (Lipinski definition) is 2. The largest absolute Gasteiger partial charge is 0.496 e. The van der Waals surface area contributed by atoms with E-state index in [4.69, 9.17) is 4.74 Å². The van der Waals surface area contributed by atoms with E-state index in [1.165, 1.54) is 7.11 Å². The van der Waals surface area contributed by atoms with Crippen LogP contribution in [0.1, 0.15) is 6.92 Å². The standard InChI is InChI=1S/C9H11BrF3NO2/c1-3-4-7(16-2)6(10)5-14-8(15)9(11,12)13/h3-4H,5H2,1-2H3,(H,14,15)/b4-3-,7-6-. The minimum Gasteiger partial charge on any atom is -0.496 e. The molecule has 0 spiro atoms. The first-order valence-electron chi connectivity index (χ1n) is 4.23. The molecule has 0 heterocycles. The average molecular weight is 302 g/mol. The van der Waals surface area contributed by atoms with Crippen molar-refractivity contribution in [2.45, 2.75) is 13.1 Å². The summed E-state index contributed by atoms with van der Waals surface area (Å²) in [5.41, 5.74) is 0. The Morgan fingerprint density at radius 2 is 2.06 bits per heavy atom. The van der Waals surface area contributed by atoms with Crippen molar-refractivity contribution >= 4 is 21.8 Å². The second-order valence-electron chi connectivity index (χ2n) is 2.65. The van der Waals surface area contributed by atoms with Crippen LogP contribution in [0.5, 0.6) is 0 Å². The fraction of sp³-hybridized carbons (Fsp3) is 0.444. The molecule has 0 aromatic heterocycles. The molecule has 92 valence electrons. The first kappa shape index (κ1) is 15.0. The van der Waals surface area contributed by atoms with Gasteiger partial charge in [0.2, 0.25) is 0 Å². The number of alkyl halides is 3. The number of halogens is 4. The third-order valence-corrected chi connectivity index (χ3v) is 2.14. The number of carbonyl (C=O) groups excluding carboxylic acids is 1. The molecular weight excluding hydrogens is 291 g/mol. The van der Waals surface area contributed by atoms with Crippen molar-refractivity contribution in [1.29, 1.82) is 0 Å². The summed E-state index contributed by atoms with van der Waals surface area (Å²) in [5, 5.41) is 1.71. The van der Waals surface area contributed by atoms with Gasteiger partial charge in [-0.15, -0.1) is 0 Å². The number of methoxy groups -OCH3 is 1. The van der Waals surface area contributed by atoms with Crippen molar-refractivity contribution in [3.8, 4) is 0 Å². The second-order valence-corrected chi connectivity index (χ2v) is 3.61. The summed E-state index contributed by atoms with van der Waals surface area (Å²) in [6.45, 7) is 1.44. The maximum Gasteiger partial charge on any atom is 0.471 e. The van der Waals surface area contributed by atoms with E-state index in [2.05, 4.69) is 15.9 Å². The molecule has 0 atom stereocenters. The molecule has 1 N–H and O–H groups in total. The first-order chi connectivity index (χ1) is 7.32. The monoisotopic (exact) mass is 301 g/mol. The zero-order valence-corrected chi connectivity index (χ0v) is 10.3. The first-order valence-corrected chi connectivity index (χ1v) is 5.02. The van der Waals surface area contributed by atoms with Crippen molar-refractivity contribution < 1.29 is 22.7 Å². The van der Waals surface area contributed by atoms with Crippen molar-refractivity contribution in [3.05, 3.63) is 22.4 Å². The Labute approximate surface area is 99.5 Å². The van der Waals surface area contributed by atoms with Gasteiger partial charge < -0.3 is 10.1 Å². The van der Waals surface area contributed by atoms with Gasteiger partial charge in [-0.05, 0) is 28.9 Å². The molecule has 7 heteroatoms. The van der Waals surface area contributed by atoms with Gasteiger partial charge in [0.25, 0.3) is 0 Å². The molecule has 0 bridgehead atoms. The van der Waals surface area contributed by atoms with Gasteiger partial charge in [0.05, 0.1) is 18.1 Å². The molecule has 0 aromatic rings. The molecule has 3 nitrogen and oxygen atoms in total. The molecule has 0 rings (SSSR count). The Bertz CT molecular complexity index is 310. The number of nitrogens with one attached hydrogen (secondary N) is 1. The molecule has 0 aliphatic heterocycles. The highest BCUT2D eigenvalue weighted by Crippen LogP contribution is 2.16. The van der Waals surface area contributed by atoms with E-state index < -0.39 is 12.1 Å². The van der Waals surface area contributed by atoms with Gasteiger partial charge in [-0.25, -0.2) is 0 Å². The summed E-state index contributed by atoms with van der Waals surface area (Å²) < 4.78 is 40.7. The van der Waals surface area contributed by atoms with Crippen LogP contribution in [-0.2, 0) is 9.53 Å². The predicted octanol–water partition coefficient (Wildman–Crippen LogP) is 2.49. The summed E-state index contributed by atoms with van der Waals surface area (Å²) in [5.74, 6) is -1.63. The van der Waals surface area contributed by atoms with Gasteiger partial charge in [-0.3, -0.25) is 4.79 Å². The topological polar surface area (TPSA) is 38.3 Å². The molecule has 0 aromatic carbocycles. The summed E-state index contributed by atoms with van der Waals surface area (Å²) in [4.78, 5) is 10.5. The Morgan fingerprint density at radius 3 is 2.44 bits per heavy atom. The third kappa shape index (κ3) is 5.20. The Kier molecular flexibility index (Phi) is 6.17. The van der Waals surface area contributed by atoms with Crippen LogP contribution in [0.15, 0.2) is 22.4 Å². The van der Waals surface area contributed by atoms with Crippen LogP contribution in [0.4, 0.5) is 13.2 Å².